The van der Waals surface area contributed by atoms with E-state index in [1.54, 1.807) is 12.4 Å². The smallest absolute Gasteiger partial charge is 0.209 e. The summed E-state index contributed by atoms with van der Waals surface area (Å²) in [5.41, 5.74) is 0.784. The number of hydrogen-bond acceptors (Lipinski definition) is 4. The topological polar surface area (TPSA) is 82.3 Å². The minimum absolute atomic E-state index is 0.163. The van der Waals surface area contributed by atoms with Crippen LogP contribution in [0.3, 0.4) is 0 Å². The summed E-state index contributed by atoms with van der Waals surface area (Å²) in [5.74, 6) is 0.418. The summed E-state index contributed by atoms with van der Waals surface area (Å²) < 4.78 is 5.47. The van der Waals surface area contributed by atoms with Crippen LogP contribution in [0.15, 0.2) is 29.5 Å². The van der Waals surface area contributed by atoms with E-state index in [4.69, 9.17) is 10.00 Å². The maximum atomic E-state index is 8.68. The lowest BCUT2D eigenvalue weighted by Gasteiger charge is -2.09. The summed E-state index contributed by atoms with van der Waals surface area (Å²) in [4.78, 5) is 8.29. The van der Waals surface area contributed by atoms with Gasteiger partial charge in [-0.2, -0.15) is 5.26 Å². The maximum absolute atomic E-state index is 8.68. The number of anilines is 1. The van der Waals surface area contributed by atoms with Gasteiger partial charge in [0.15, 0.2) is 6.19 Å². The highest BCUT2D eigenvalue weighted by Gasteiger charge is 2.14. The van der Waals surface area contributed by atoms with Crippen LogP contribution in [0.4, 0.5) is 5.69 Å². The Kier molecular flexibility index (Phi) is 4.50. The van der Waals surface area contributed by atoms with Crippen molar-refractivity contribution in [2.75, 3.05) is 18.5 Å². The lowest BCUT2D eigenvalue weighted by molar-refractivity contribution is 0.118. The fourth-order valence-electron chi connectivity index (χ4n) is 1.72. The molecule has 0 spiro atoms. The monoisotopic (exact) mass is 245 g/mol. The fraction of sp³-hybridized carbons (Fsp3) is 0.417. The van der Waals surface area contributed by atoms with Crippen molar-refractivity contribution < 1.29 is 4.74 Å². The summed E-state index contributed by atoms with van der Waals surface area (Å²) in [6.07, 6.45) is 7.48. The quantitative estimate of drug-likeness (QED) is 0.360. The van der Waals surface area contributed by atoms with Gasteiger partial charge in [0.05, 0.1) is 24.5 Å². The first-order valence-electron chi connectivity index (χ1n) is 5.86. The van der Waals surface area contributed by atoms with E-state index in [0.717, 1.165) is 25.1 Å². The van der Waals surface area contributed by atoms with Crippen LogP contribution >= 0.6 is 0 Å². The predicted octanol–water partition coefficient (Wildman–Crippen LogP) is 1.10. The van der Waals surface area contributed by atoms with Crippen molar-refractivity contribution in [2.24, 2.45) is 4.99 Å². The van der Waals surface area contributed by atoms with Crippen molar-refractivity contribution in [1.82, 2.24) is 10.3 Å². The summed E-state index contributed by atoms with van der Waals surface area (Å²) in [7, 11) is 0. The number of pyridine rings is 1. The Balaban J connectivity index is 1.94. The Morgan fingerprint density at radius 2 is 2.61 bits per heavy atom. The highest BCUT2D eigenvalue weighted by atomic mass is 16.5. The van der Waals surface area contributed by atoms with Gasteiger partial charge in [0.2, 0.25) is 5.96 Å². The van der Waals surface area contributed by atoms with E-state index in [9.17, 15) is 0 Å². The van der Waals surface area contributed by atoms with Gasteiger partial charge in [-0.3, -0.25) is 10.3 Å². The molecule has 1 aliphatic heterocycles. The van der Waals surface area contributed by atoms with Crippen LogP contribution in [0.2, 0.25) is 0 Å². The number of rotatable bonds is 3. The summed E-state index contributed by atoms with van der Waals surface area (Å²) in [5, 5.41) is 14.2. The molecule has 6 heteroatoms. The van der Waals surface area contributed by atoms with E-state index in [0.29, 0.717) is 12.5 Å². The third-order valence-electron chi connectivity index (χ3n) is 2.58. The Labute approximate surface area is 106 Å². The van der Waals surface area contributed by atoms with Crippen LogP contribution in [-0.4, -0.2) is 30.2 Å². The molecular formula is C12H15N5O. The average Bonchev–Trinajstić information content (AvgIpc) is 2.91. The van der Waals surface area contributed by atoms with Gasteiger partial charge in [0.1, 0.15) is 0 Å². The summed E-state index contributed by atoms with van der Waals surface area (Å²) in [6.45, 7) is 1.36. The van der Waals surface area contributed by atoms with Crippen LogP contribution in [0.5, 0.6) is 0 Å². The third-order valence-corrected chi connectivity index (χ3v) is 2.58. The van der Waals surface area contributed by atoms with Crippen molar-refractivity contribution in [2.45, 2.75) is 18.9 Å². The Bertz CT molecular complexity index is 434. The number of nitrogens with one attached hydrogen (secondary N) is 2. The first kappa shape index (κ1) is 12.3. The zero-order valence-corrected chi connectivity index (χ0v) is 9.97. The van der Waals surface area contributed by atoms with Crippen LogP contribution < -0.4 is 10.6 Å². The molecule has 1 aliphatic rings. The van der Waals surface area contributed by atoms with Crippen molar-refractivity contribution in [3.05, 3.63) is 24.5 Å². The highest BCUT2D eigenvalue weighted by Crippen LogP contribution is 2.12. The van der Waals surface area contributed by atoms with Gasteiger partial charge < -0.3 is 10.1 Å². The molecule has 1 atom stereocenters. The standard InChI is InChI=1S/C12H15N5O/c13-9-16-12(15-8-11-4-2-6-18-11)17-10-3-1-5-14-7-10/h1,3,5,7,11H,2,4,6,8H2,(H2,15,16,17)/t11-/m0/s1. The normalized spacial score (nSPS) is 19.3. The maximum Gasteiger partial charge on any atom is 0.209 e. The SMILES string of the molecule is N#CNC(=NC[C@@H]1CCCO1)Nc1cccnc1. The van der Waals surface area contributed by atoms with Gasteiger partial charge in [-0.05, 0) is 25.0 Å². The third kappa shape index (κ3) is 3.71. The molecule has 0 aromatic carbocycles. The van der Waals surface area contributed by atoms with E-state index in [1.165, 1.54) is 0 Å². The van der Waals surface area contributed by atoms with Crippen LogP contribution in [0.25, 0.3) is 0 Å². The van der Waals surface area contributed by atoms with Crippen molar-refractivity contribution in [3.63, 3.8) is 0 Å². The van der Waals surface area contributed by atoms with Crippen LogP contribution in [-0.2, 0) is 4.74 Å². The fourth-order valence-corrected chi connectivity index (χ4v) is 1.72. The molecule has 0 bridgehead atoms. The van der Waals surface area contributed by atoms with Gasteiger partial charge in [-0.25, -0.2) is 4.99 Å². The largest absolute Gasteiger partial charge is 0.376 e. The van der Waals surface area contributed by atoms with Crippen molar-refractivity contribution in [3.8, 4) is 6.19 Å². The lowest BCUT2D eigenvalue weighted by atomic mass is 10.2. The van der Waals surface area contributed by atoms with E-state index >= 15 is 0 Å². The first-order valence-corrected chi connectivity index (χ1v) is 5.86. The molecule has 1 aromatic heterocycles. The van der Waals surface area contributed by atoms with Crippen molar-refractivity contribution in [1.29, 1.82) is 5.26 Å². The molecule has 2 N–H and O–H groups in total. The molecule has 0 saturated carbocycles. The van der Waals surface area contributed by atoms with E-state index in [2.05, 4.69) is 20.6 Å². The van der Waals surface area contributed by atoms with Gasteiger partial charge >= 0.3 is 0 Å². The van der Waals surface area contributed by atoms with Crippen LogP contribution in [0.1, 0.15) is 12.8 Å². The second-order valence-electron chi connectivity index (χ2n) is 3.93. The lowest BCUT2D eigenvalue weighted by Crippen LogP contribution is -2.28. The molecule has 2 rings (SSSR count). The molecule has 18 heavy (non-hydrogen) atoms. The molecule has 0 radical (unpaired) electrons. The van der Waals surface area contributed by atoms with Gasteiger partial charge in [-0.1, -0.05) is 0 Å². The first-order chi connectivity index (χ1) is 8.88. The predicted molar refractivity (Wildman–Crippen MR) is 67.9 cm³/mol. The van der Waals surface area contributed by atoms with Gasteiger partial charge in [0.25, 0.3) is 0 Å². The minimum Gasteiger partial charge on any atom is -0.376 e. The molecule has 94 valence electrons. The van der Waals surface area contributed by atoms with E-state index in [-0.39, 0.29) is 6.10 Å². The van der Waals surface area contributed by atoms with Crippen molar-refractivity contribution >= 4 is 11.6 Å². The number of aliphatic imine (C=N–C) groups is 1. The number of nitrogens with zero attached hydrogens (tertiary/aromatic N) is 3. The van der Waals surface area contributed by atoms with Crippen LogP contribution in [0, 0.1) is 11.5 Å². The second kappa shape index (κ2) is 6.57. The summed E-state index contributed by atoms with van der Waals surface area (Å²) in [6, 6.07) is 3.67. The molecular weight excluding hydrogens is 230 g/mol. The van der Waals surface area contributed by atoms with E-state index in [1.807, 2.05) is 18.3 Å². The number of hydrogen-bond donors (Lipinski definition) is 2. The molecule has 6 nitrogen and oxygen atoms in total. The highest BCUT2D eigenvalue weighted by molar-refractivity contribution is 5.94. The average molecular weight is 245 g/mol. The second-order valence-corrected chi connectivity index (χ2v) is 3.93. The zero-order chi connectivity index (χ0) is 12.6. The molecule has 0 aliphatic carbocycles. The number of aromatic nitrogens is 1. The number of nitriles is 1. The molecule has 0 unspecified atom stereocenters. The summed E-state index contributed by atoms with van der Waals surface area (Å²) >= 11 is 0. The van der Waals surface area contributed by atoms with Gasteiger partial charge in [0, 0.05) is 12.8 Å². The Hall–Kier alpha value is -2.13. The minimum atomic E-state index is 0.163. The molecule has 0 amide bonds. The van der Waals surface area contributed by atoms with E-state index < -0.39 is 0 Å². The Morgan fingerprint density at radius 1 is 1.67 bits per heavy atom. The molecule has 1 aromatic rings. The molecule has 2 heterocycles. The molecule has 1 fully saturated rings. The number of ether oxygens (including phenoxy) is 1. The van der Waals surface area contributed by atoms with Gasteiger partial charge in [-0.15, -0.1) is 0 Å². The molecule has 1 saturated heterocycles. The Morgan fingerprint density at radius 3 is 3.28 bits per heavy atom. The zero-order valence-electron chi connectivity index (χ0n) is 9.97. The number of guanidine groups is 1.